The number of ether oxygens (including phenoxy) is 1. The third-order valence-corrected chi connectivity index (χ3v) is 5.21. The van der Waals surface area contributed by atoms with Crippen LogP contribution in [0.5, 0.6) is 5.75 Å². The van der Waals surface area contributed by atoms with Crippen molar-refractivity contribution in [1.82, 2.24) is 0 Å². The summed E-state index contributed by atoms with van der Waals surface area (Å²) in [5, 5.41) is 21.7. The fourth-order valence-electron chi connectivity index (χ4n) is 2.97. The minimum atomic E-state index is -0.500. The second-order valence-electron chi connectivity index (χ2n) is 7.17. The molecule has 1 N–H and O–H groups in total. The maximum absolute atomic E-state index is 12.5. The van der Waals surface area contributed by atoms with Crippen LogP contribution < -0.4 is 10.1 Å². The molecule has 32 heavy (non-hydrogen) atoms. The summed E-state index contributed by atoms with van der Waals surface area (Å²) in [5.41, 5.74) is 4.62. The highest BCUT2D eigenvalue weighted by Crippen LogP contribution is 2.28. The molecule has 0 aliphatic heterocycles. The number of anilines is 1. The Labute approximate surface area is 192 Å². The van der Waals surface area contributed by atoms with Crippen LogP contribution in [-0.4, -0.2) is 5.91 Å². The van der Waals surface area contributed by atoms with Crippen molar-refractivity contribution >= 4 is 29.3 Å². The normalized spacial score (nSPS) is 10.7. The van der Waals surface area contributed by atoms with Crippen molar-refractivity contribution in [3.05, 3.63) is 99.1 Å². The van der Waals surface area contributed by atoms with Gasteiger partial charge in [-0.25, -0.2) is 0 Å². The molecule has 0 saturated heterocycles. The van der Waals surface area contributed by atoms with Gasteiger partial charge in [0.2, 0.25) is 0 Å². The Kier molecular flexibility index (Phi) is 7.29. The minimum Gasteiger partial charge on any atom is -0.487 e. The molecule has 0 bridgehead atoms. The SMILES string of the molecule is Cc1ccc(NC(=O)/C(C#N)=C/c2ccc(OCc3ccccc3C#N)c(Cl)c2)cc1C. The summed E-state index contributed by atoms with van der Waals surface area (Å²) < 4.78 is 5.75. The van der Waals surface area contributed by atoms with Crippen LogP contribution in [0.1, 0.15) is 27.8 Å². The number of hydrogen-bond acceptors (Lipinski definition) is 4. The summed E-state index contributed by atoms with van der Waals surface area (Å²) in [7, 11) is 0. The maximum atomic E-state index is 12.5. The van der Waals surface area contributed by atoms with Gasteiger partial charge in [0, 0.05) is 11.3 Å². The molecule has 0 fully saturated rings. The van der Waals surface area contributed by atoms with E-state index in [2.05, 4.69) is 11.4 Å². The van der Waals surface area contributed by atoms with E-state index in [1.807, 2.05) is 44.2 Å². The summed E-state index contributed by atoms with van der Waals surface area (Å²) in [5.74, 6) is -0.0602. The van der Waals surface area contributed by atoms with Gasteiger partial charge in [0.05, 0.1) is 16.7 Å². The predicted octanol–water partition coefficient (Wildman–Crippen LogP) is 5.95. The van der Waals surface area contributed by atoms with Gasteiger partial charge in [-0.15, -0.1) is 0 Å². The summed E-state index contributed by atoms with van der Waals surface area (Å²) in [6, 6.07) is 21.8. The molecule has 3 rings (SSSR count). The number of nitrogens with one attached hydrogen (secondary N) is 1. The van der Waals surface area contributed by atoms with Crippen molar-refractivity contribution in [2.24, 2.45) is 0 Å². The van der Waals surface area contributed by atoms with Crippen molar-refractivity contribution in [3.8, 4) is 17.9 Å². The van der Waals surface area contributed by atoms with Crippen molar-refractivity contribution in [3.63, 3.8) is 0 Å². The number of aryl methyl sites for hydroxylation is 2. The molecule has 0 aliphatic rings. The van der Waals surface area contributed by atoms with Crippen molar-refractivity contribution in [2.45, 2.75) is 20.5 Å². The van der Waals surface area contributed by atoms with Crippen molar-refractivity contribution in [1.29, 1.82) is 10.5 Å². The third-order valence-electron chi connectivity index (χ3n) is 4.92. The number of nitrogens with zero attached hydrogens (tertiary/aromatic N) is 2. The van der Waals surface area contributed by atoms with Gasteiger partial charge in [-0.1, -0.05) is 41.9 Å². The molecule has 0 aromatic heterocycles. The van der Waals surface area contributed by atoms with E-state index >= 15 is 0 Å². The Morgan fingerprint density at radius 3 is 2.53 bits per heavy atom. The third kappa shape index (κ3) is 5.55. The lowest BCUT2D eigenvalue weighted by Crippen LogP contribution is -2.13. The first-order valence-corrected chi connectivity index (χ1v) is 10.2. The largest absolute Gasteiger partial charge is 0.487 e. The van der Waals surface area contributed by atoms with E-state index in [1.54, 1.807) is 36.4 Å². The van der Waals surface area contributed by atoms with E-state index in [1.165, 1.54) is 6.08 Å². The molecule has 0 saturated carbocycles. The molecule has 0 atom stereocenters. The highest BCUT2D eigenvalue weighted by Gasteiger charge is 2.11. The van der Waals surface area contributed by atoms with Crippen LogP contribution in [0.4, 0.5) is 5.69 Å². The summed E-state index contributed by atoms with van der Waals surface area (Å²) in [4.78, 5) is 12.5. The van der Waals surface area contributed by atoms with E-state index in [0.717, 1.165) is 16.7 Å². The van der Waals surface area contributed by atoms with Crippen molar-refractivity contribution in [2.75, 3.05) is 5.32 Å². The number of hydrogen-bond donors (Lipinski definition) is 1. The molecular formula is C26H20ClN3O2. The fraction of sp³-hybridized carbons (Fsp3) is 0.115. The van der Waals surface area contributed by atoms with Gasteiger partial charge in [-0.2, -0.15) is 10.5 Å². The molecule has 0 heterocycles. The first-order valence-electron chi connectivity index (χ1n) is 9.82. The highest BCUT2D eigenvalue weighted by atomic mass is 35.5. The molecule has 3 aromatic carbocycles. The molecule has 5 nitrogen and oxygen atoms in total. The van der Waals surface area contributed by atoms with Gasteiger partial charge in [0.15, 0.2) is 0 Å². The first-order chi connectivity index (χ1) is 15.4. The van der Waals surface area contributed by atoms with Crippen LogP contribution in [0.15, 0.2) is 66.2 Å². The standard InChI is InChI=1S/C26H20ClN3O2/c1-17-7-9-23(11-18(17)2)30-26(31)22(15-29)12-19-8-10-25(24(27)13-19)32-16-21-6-4-3-5-20(21)14-28/h3-13H,16H2,1-2H3,(H,30,31)/b22-12+. The van der Waals surface area contributed by atoms with Gasteiger partial charge >= 0.3 is 0 Å². The number of benzene rings is 3. The fourth-order valence-corrected chi connectivity index (χ4v) is 3.21. The Bertz CT molecular complexity index is 1280. The molecule has 3 aromatic rings. The zero-order chi connectivity index (χ0) is 23.1. The molecule has 0 aliphatic carbocycles. The smallest absolute Gasteiger partial charge is 0.266 e. The van der Waals surface area contributed by atoms with Crippen LogP contribution in [0.2, 0.25) is 5.02 Å². The number of halogens is 1. The molecular weight excluding hydrogens is 422 g/mol. The van der Waals surface area contributed by atoms with E-state index in [-0.39, 0.29) is 12.2 Å². The number of nitriles is 2. The number of rotatable bonds is 6. The molecule has 158 valence electrons. The lowest BCUT2D eigenvalue weighted by Gasteiger charge is -2.10. The predicted molar refractivity (Wildman–Crippen MR) is 125 cm³/mol. The molecule has 0 radical (unpaired) electrons. The van der Waals surface area contributed by atoms with E-state index in [4.69, 9.17) is 16.3 Å². The lowest BCUT2D eigenvalue weighted by atomic mass is 10.1. The van der Waals surface area contributed by atoms with Crippen molar-refractivity contribution < 1.29 is 9.53 Å². The molecule has 6 heteroatoms. The zero-order valence-electron chi connectivity index (χ0n) is 17.6. The second-order valence-corrected chi connectivity index (χ2v) is 7.58. The van der Waals surface area contributed by atoms with Gasteiger partial charge < -0.3 is 10.1 Å². The Balaban J connectivity index is 1.73. The number of carbonyl (C=O) groups excluding carboxylic acids is 1. The highest BCUT2D eigenvalue weighted by molar-refractivity contribution is 6.32. The van der Waals surface area contributed by atoms with Crippen LogP contribution in [0.3, 0.4) is 0 Å². The topological polar surface area (TPSA) is 85.9 Å². The van der Waals surface area contributed by atoms with Crippen LogP contribution >= 0.6 is 11.6 Å². The van der Waals surface area contributed by atoms with E-state index in [0.29, 0.717) is 27.6 Å². The monoisotopic (exact) mass is 441 g/mol. The van der Waals surface area contributed by atoms with Crippen LogP contribution in [-0.2, 0) is 11.4 Å². The Hall–Kier alpha value is -4.06. The number of amides is 1. The van der Waals surface area contributed by atoms with Gasteiger partial charge in [-0.3, -0.25) is 4.79 Å². The quantitative estimate of drug-likeness (QED) is 0.378. The van der Waals surface area contributed by atoms with Gasteiger partial charge in [-0.05, 0) is 66.9 Å². The summed E-state index contributed by atoms with van der Waals surface area (Å²) >= 11 is 6.33. The zero-order valence-corrected chi connectivity index (χ0v) is 18.4. The van der Waals surface area contributed by atoms with E-state index in [9.17, 15) is 15.3 Å². The van der Waals surface area contributed by atoms with Crippen LogP contribution in [0, 0.1) is 36.5 Å². The minimum absolute atomic E-state index is 0.0455. The Morgan fingerprint density at radius 1 is 1.06 bits per heavy atom. The Morgan fingerprint density at radius 2 is 1.84 bits per heavy atom. The molecule has 1 amide bonds. The maximum Gasteiger partial charge on any atom is 0.266 e. The lowest BCUT2D eigenvalue weighted by molar-refractivity contribution is -0.112. The van der Waals surface area contributed by atoms with E-state index < -0.39 is 5.91 Å². The summed E-state index contributed by atoms with van der Waals surface area (Å²) in [6.45, 7) is 4.14. The molecule has 0 unspecified atom stereocenters. The first kappa shape index (κ1) is 22.6. The molecule has 0 spiro atoms. The average Bonchev–Trinajstić information content (AvgIpc) is 2.79. The number of carbonyl (C=O) groups is 1. The van der Waals surface area contributed by atoms with Crippen LogP contribution in [0.25, 0.3) is 6.08 Å². The second kappa shape index (κ2) is 10.3. The van der Waals surface area contributed by atoms with Gasteiger partial charge in [0.25, 0.3) is 5.91 Å². The summed E-state index contributed by atoms with van der Waals surface area (Å²) in [6.07, 6.45) is 1.47. The average molecular weight is 442 g/mol. The van der Waals surface area contributed by atoms with Gasteiger partial charge in [0.1, 0.15) is 24.0 Å².